The van der Waals surface area contributed by atoms with E-state index in [-0.39, 0.29) is 23.2 Å². The van der Waals surface area contributed by atoms with Crippen molar-refractivity contribution in [3.8, 4) is 0 Å². The second-order valence-corrected chi connectivity index (χ2v) is 9.23. The molecular weight excluding hydrogens is 404 g/mol. The van der Waals surface area contributed by atoms with Gasteiger partial charge in [-0.15, -0.1) is 0 Å². The normalized spacial score (nSPS) is 15.9. The Morgan fingerprint density at radius 3 is 2.39 bits per heavy atom. The summed E-state index contributed by atoms with van der Waals surface area (Å²) in [5.41, 5.74) is 0. The van der Waals surface area contributed by atoms with E-state index in [4.69, 9.17) is 16.0 Å². The Bertz CT molecular complexity index is 920. The maximum Gasteiger partial charge on any atom is 0.309 e. The minimum Gasteiger partial charge on any atom is -0.468 e. The highest BCUT2D eigenvalue weighted by Crippen LogP contribution is 2.29. The smallest absolute Gasteiger partial charge is 0.309 e. The monoisotopic (exact) mass is 424 g/mol. The summed E-state index contributed by atoms with van der Waals surface area (Å²) < 4.78 is 31.4. The summed E-state index contributed by atoms with van der Waals surface area (Å²) in [5, 5.41) is 4.32. The molecule has 150 valence electrons. The molecule has 0 aliphatic heterocycles. The summed E-state index contributed by atoms with van der Waals surface area (Å²) in [5.74, 6) is -1.45. The lowest BCUT2D eigenvalue weighted by atomic mass is 10.2. The third-order valence-electron chi connectivity index (χ3n) is 4.72. The fourth-order valence-corrected chi connectivity index (χ4v) is 4.93. The van der Waals surface area contributed by atoms with Crippen molar-refractivity contribution < 1.29 is 22.4 Å². The Hall–Kier alpha value is -2.32. The summed E-state index contributed by atoms with van der Waals surface area (Å²) in [6.07, 6.45) is 5.09. The third kappa shape index (κ3) is 4.74. The molecule has 7 nitrogen and oxygen atoms in total. The lowest BCUT2D eigenvalue weighted by molar-refractivity contribution is -0.139. The molecule has 9 heteroatoms. The number of carbonyl (C=O) groups is 2. The van der Waals surface area contributed by atoms with Gasteiger partial charge in [-0.25, -0.2) is 8.42 Å². The highest BCUT2D eigenvalue weighted by atomic mass is 35.5. The number of nitrogens with one attached hydrogen (secondary N) is 2. The highest BCUT2D eigenvalue weighted by molar-refractivity contribution is 7.91. The first kappa shape index (κ1) is 20.4. The molecule has 0 saturated heterocycles. The molecule has 0 bridgehead atoms. The van der Waals surface area contributed by atoms with Crippen LogP contribution in [0.25, 0.3) is 0 Å². The highest BCUT2D eigenvalue weighted by Gasteiger charge is 2.32. The summed E-state index contributed by atoms with van der Waals surface area (Å²) in [6, 6.07) is 8.81. The van der Waals surface area contributed by atoms with Crippen molar-refractivity contribution in [1.82, 2.24) is 10.6 Å². The number of benzene rings is 1. The molecule has 1 saturated carbocycles. The van der Waals surface area contributed by atoms with Crippen LogP contribution in [0.4, 0.5) is 0 Å². The zero-order chi connectivity index (χ0) is 20.1. The van der Waals surface area contributed by atoms with Crippen LogP contribution >= 0.6 is 11.6 Å². The second kappa shape index (κ2) is 8.79. The van der Waals surface area contributed by atoms with Gasteiger partial charge < -0.3 is 15.1 Å². The van der Waals surface area contributed by atoms with Crippen molar-refractivity contribution in [2.24, 2.45) is 0 Å². The number of hydrogen-bond donors (Lipinski definition) is 2. The topological polar surface area (TPSA) is 105 Å². The zero-order valence-corrected chi connectivity index (χ0v) is 16.6. The van der Waals surface area contributed by atoms with Gasteiger partial charge in [0.05, 0.1) is 11.2 Å². The van der Waals surface area contributed by atoms with Crippen molar-refractivity contribution in [3.05, 3.63) is 53.4 Å². The SMILES string of the molecule is O=C(NC[C@H](c1ccco1)S(=O)(=O)c1ccc(Cl)cc1)C(=O)NC1CCCC1. The molecule has 1 aliphatic carbocycles. The minimum atomic E-state index is -3.88. The molecule has 1 atom stereocenters. The number of sulfone groups is 1. The molecule has 1 aromatic carbocycles. The fourth-order valence-electron chi connectivity index (χ4n) is 3.21. The Morgan fingerprint density at radius 1 is 1.11 bits per heavy atom. The van der Waals surface area contributed by atoms with E-state index in [9.17, 15) is 18.0 Å². The molecule has 0 unspecified atom stereocenters. The molecule has 1 fully saturated rings. The first-order chi connectivity index (χ1) is 13.4. The minimum absolute atomic E-state index is 0.00285. The Labute approximate surface area is 168 Å². The summed E-state index contributed by atoms with van der Waals surface area (Å²) in [4.78, 5) is 24.2. The van der Waals surface area contributed by atoms with Crippen molar-refractivity contribution >= 4 is 33.3 Å². The number of hydrogen-bond acceptors (Lipinski definition) is 5. The van der Waals surface area contributed by atoms with Gasteiger partial charge in [0.25, 0.3) is 0 Å². The molecule has 2 aromatic rings. The van der Waals surface area contributed by atoms with Gasteiger partial charge in [-0.3, -0.25) is 9.59 Å². The number of furan rings is 1. The molecule has 1 heterocycles. The summed E-state index contributed by atoms with van der Waals surface area (Å²) in [7, 11) is -3.88. The van der Waals surface area contributed by atoms with Crippen molar-refractivity contribution in [1.29, 1.82) is 0 Å². The van der Waals surface area contributed by atoms with Gasteiger partial charge in [0.2, 0.25) is 0 Å². The Balaban J connectivity index is 1.73. The predicted molar refractivity (Wildman–Crippen MR) is 103 cm³/mol. The maximum atomic E-state index is 13.0. The molecular formula is C19H21ClN2O5S. The van der Waals surface area contributed by atoms with Gasteiger partial charge in [-0.1, -0.05) is 24.4 Å². The molecule has 3 rings (SSSR count). The molecule has 0 radical (unpaired) electrons. The number of rotatable bonds is 6. The van der Waals surface area contributed by atoms with Crippen LogP contribution in [0.5, 0.6) is 0 Å². The van der Waals surface area contributed by atoms with Crippen LogP contribution < -0.4 is 10.6 Å². The van der Waals surface area contributed by atoms with Crippen molar-refractivity contribution in [2.75, 3.05) is 6.54 Å². The largest absolute Gasteiger partial charge is 0.468 e. The first-order valence-corrected chi connectivity index (χ1v) is 10.9. The van der Waals surface area contributed by atoms with Gasteiger partial charge in [-0.05, 0) is 49.2 Å². The molecule has 2 amide bonds. The van der Waals surface area contributed by atoms with Crippen LogP contribution in [0.2, 0.25) is 5.02 Å². The Morgan fingerprint density at radius 2 is 1.79 bits per heavy atom. The lowest BCUT2D eigenvalue weighted by Gasteiger charge is -2.17. The molecule has 1 aliphatic rings. The summed E-state index contributed by atoms with van der Waals surface area (Å²) >= 11 is 5.83. The van der Waals surface area contributed by atoms with Crippen molar-refractivity contribution in [3.63, 3.8) is 0 Å². The average molecular weight is 425 g/mol. The van der Waals surface area contributed by atoms with Gasteiger partial charge in [0.15, 0.2) is 9.84 Å². The molecule has 2 N–H and O–H groups in total. The standard InChI is InChI=1S/C19H21ClN2O5S/c20-13-7-9-15(10-8-13)28(25,26)17(16-6-3-11-27-16)12-21-18(23)19(24)22-14-4-1-2-5-14/h3,6-11,14,17H,1-2,4-5,12H2,(H,21,23)(H,22,24)/t17-/m1/s1. The van der Waals surface area contributed by atoms with Gasteiger partial charge >= 0.3 is 11.8 Å². The van der Waals surface area contributed by atoms with Crippen LogP contribution in [-0.4, -0.2) is 32.8 Å². The van der Waals surface area contributed by atoms with E-state index < -0.39 is 26.9 Å². The van der Waals surface area contributed by atoms with E-state index in [1.807, 2.05) is 0 Å². The molecule has 1 aromatic heterocycles. The number of amides is 2. The van der Waals surface area contributed by atoms with Crippen LogP contribution in [0.1, 0.15) is 36.7 Å². The van der Waals surface area contributed by atoms with E-state index >= 15 is 0 Å². The maximum absolute atomic E-state index is 13.0. The summed E-state index contributed by atoms with van der Waals surface area (Å²) in [6.45, 7) is -0.296. The van der Waals surface area contributed by atoms with Crippen molar-refractivity contribution in [2.45, 2.75) is 41.9 Å². The van der Waals surface area contributed by atoms with Crippen LogP contribution in [0.15, 0.2) is 52.0 Å². The van der Waals surface area contributed by atoms with Crippen LogP contribution in [0, 0.1) is 0 Å². The lowest BCUT2D eigenvalue weighted by Crippen LogP contribution is -2.45. The van der Waals surface area contributed by atoms with Crippen LogP contribution in [0.3, 0.4) is 0 Å². The molecule has 28 heavy (non-hydrogen) atoms. The molecule has 0 spiro atoms. The third-order valence-corrected chi connectivity index (χ3v) is 7.05. The predicted octanol–water partition coefficient (Wildman–Crippen LogP) is 2.62. The fraction of sp³-hybridized carbons (Fsp3) is 0.368. The second-order valence-electron chi connectivity index (χ2n) is 6.67. The van der Waals surface area contributed by atoms with E-state index in [0.717, 1.165) is 25.7 Å². The number of carbonyl (C=O) groups excluding carboxylic acids is 2. The van der Waals surface area contributed by atoms with Gasteiger partial charge in [0, 0.05) is 17.6 Å². The van der Waals surface area contributed by atoms with E-state index in [1.165, 1.54) is 36.6 Å². The first-order valence-electron chi connectivity index (χ1n) is 8.99. The average Bonchev–Trinajstić information content (AvgIpc) is 3.36. The Kier molecular flexibility index (Phi) is 6.41. The zero-order valence-electron chi connectivity index (χ0n) is 15.1. The quantitative estimate of drug-likeness (QED) is 0.693. The number of halogens is 1. The van der Waals surface area contributed by atoms with Crippen LogP contribution in [-0.2, 0) is 19.4 Å². The van der Waals surface area contributed by atoms with Gasteiger partial charge in [0.1, 0.15) is 11.0 Å². The van der Waals surface area contributed by atoms with E-state index in [2.05, 4.69) is 10.6 Å². The van der Waals surface area contributed by atoms with Gasteiger partial charge in [-0.2, -0.15) is 0 Å². The van der Waals surface area contributed by atoms with E-state index in [0.29, 0.717) is 5.02 Å². The van der Waals surface area contributed by atoms with E-state index in [1.54, 1.807) is 6.07 Å².